The summed E-state index contributed by atoms with van der Waals surface area (Å²) < 4.78 is 0. The molecular weight excluding hydrogens is 282 g/mol. The van der Waals surface area contributed by atoms with E-state index in [1.54, 1.807) is 52.0 Å². The first-order valence-corrected chi connectivity index (χ1v) is 7.20. The summed E-state index contributed by atoms with van der Waals surface area (Å²) in [7, 11) is 0. The Hall–Kier alpha value is -2.17. The Kier molecular flexibility index (Phi) is 5.47. The summed E-state index contributed by atoms with van der Waals surface area (Å²) in [5.41, 5.74) is 0.522. The predicted octanol–water partition coefficient (Wildman–Crippen LogP) is 2.99. The highest BCUT2D eigenvalue weighted by Crippen LogP contribution is 2.25. The lowest BCUT2D eigenvalue weighted by Crippen LogP contribution is -2.43. The largest absolute Gasteiger partial charge is 0.481 e. The monoisotopic (exact) mass is 305 g/mol. The van der Waals surface area contributed by atoms with Gasteiger partial charge in [-0.25, -0.2) is 0 Å². The lowest BCUT2D eigenvalue weighted by Gasteiger charge is -2.31. The molecule has 1 N–H and O–H groups in total. The number of nitrogens with zero attached hydrogens (tertiary/aromatic N) is 1. The van der Waals surface area contributed by atoms with Crippen LogP contribution >= 0.6 is 0 Å². The summed E-state index contributed by atoms with van der Waals surface area (Å²) in [5, 5.41) is 9.10. The van der Waals surface area contributed by atoms with Crippen molar-refractivity contribution in [2.75, 3.05) is 11.4 Å². The number of hydrogen-bond donors (Lipinski definition) is 1. The highest BCUT2D eigenvalue weighted by Gasteiger charge is 2.30. The van der Waals surface area contributed by atoms with Crippen molar-refractivity contribution in [3.8, 4) is 0 Å². The van der Waals surface area contributed by atoms with E-state index in [0.29, 0.717) is 11.3 Å². The second-order valence-corrected chi connectivity index (χ2v) is 6.51. The molecule has 1 rings (SSSR count). The standard InChI is InChI=1S/C17H23NO4/c1-11(15(20)21)10-18(16(22)17(3,4)5)14-8-6-13(7-9-14)12(2)19/h6-9,11H,10H2,1-5H3,(H,20,21). The lowest BCUT2D eigenvalue weighted by atomic mass is 9.93. The fourth-order valence-electron chi connectivity index (χ4n) is 1.94. The Bertz CT molecular complexity index is 569. The summed E-state index contributed by atoms with van der Waals surface area (Å²) in [5.74, 6) is -1.85. The molecule has 5 heteroatoms. The lowest BCUT2D eigenvalue weighted by molar-refractivity contribution is -0.140. The first kappa shape index (κ1) is 17.9. The first-order valence-electron chi connectivity index (χ1n) is 7.20. The highest BCUT2D eigenvalue weighted by molar-refractivity contribution is 5.98. The third-order valence-electron chi connectivity index (χ3n) is 3.35. The molecule has 5 nitrogen and oxygen atoms in total. The van der Waals surface area contributed by atoms with E-state index in [9.17, 15) is 14.4 Å². The third kappa shape index (κ3) is 4.41. The van der Waals surface area contributed by atoms with Gasteiger partial charge < -0.3 is 10.0 Å². The van der Waals surface area contributed by atoms with E-state index in [-0.39, 0.29) is 18.2 Å². The minimum Gasteiger partial charge on any atom is -0.481 e. The minimum absolute atomic E-state index is 0.0563. The van der Waals surface area contributed by atoms with Gasteiger partial charge in [0.25, 0.3) is 0 Å². The number of ketones is 1. The number of benzene rings is 1. The molecule has 0 fully saturated rings. The molecule has 1 amide bonds. The van der Waals surface area contributed by atoms with Crippen LogP contribution in [-0.2, 0) is 9.59 Å². The van der Waals surface area contributed by atoms with Crippen LogP contribution in [0, 0.1) is 11.3 Å². The summed E-state index contributed by atoms with van der Waals surface area (Å²) >= 11 is 0. The van der Waals surface area contributed by atoms with Crippen molar-refractivity contribution in [2.45, 2.75) is 34.6 Å². The number of amides is 1. The predicted molar refractivity (Wildman–Crippen MR) is 85.1 cm³/mol. The Morgan fingerprint density at radius 1 is 1.14 bits per heavy atom. The van der Waals surface area contributed by atoms with E-state index in [4.69, 9.17) is 5.11 Å². The second-order valence-electron chi connectivity index (χ2n) is 6.51. The topological polar surface area (TPSA) is 74.7 Å². The Morgan fingerprint density at radius 2 is 1.64 bits per heavy atom. The van der Waals surface area contributed by atoms with Gasteiger partial charge in [0.2, 0.25) is 5.91 Å². The molecule has 0 aliphatic heterocycles. The maximum absolute atomic E-state index is 12.6. The first-order chi connectivity index (χ1) is 10.0. The second kappa shape index (κ2) is 6.73. The van der Waals surface area contributed by atoms with Crippen molar-refractivity contribution in [3.05, 3.63) is 29.8 Å². The van der Waals surface area contributed by atoms with Gasteiger partial charge in [-0.15, -0.1) is 0 Å². The van der Waals surface area contributed by atoms with Crippen LogP contribution in [0.5, 0.6) is 0 Å². The number of hydrogen-bond acceptors (Lipinski definition) is 3. The van der Waals surface area contributed by atoms with Crippen molar-refractivity contribution in [1.29, 1.82) is 0 Å². The van der Waals surface area contributed by atoms with Crippen molar-refractivity contribution in [3.63, 3.8) is 0 Å². The fraction of sp³-hybridized carbons (Fsp3) is 0.471. The molecule has 0 radical (unpaired) electrons. The van der Waals surface area contributed by atoms with Crippen LogP contribution in [0.25, 0.3) is 0 Å². The van der Waals surface area contributed by atoms with Crippen LogP contribution in [0.4, 0.5) is 5.69 Å². The van der Waals surface area contributed by atoms with Crippen molar-refractivity contribution in [2.24, 2.45) is 11.3 Å². The highest BCUT2D eigenvalue weighted by atomic mass is 16.4. The van der Waals surface area contributed by atoms with Gasteiger partial charge in [-0.2, -0.15) is 0 Å². The molecule has 0 heterocycles. The van der Waals surface area contributed by atoms with Gasteiger partial charge in [0.05, 0.1) is 5.92 Å². The number of anilines is 1. The molecule has 0 aliphatic carbocycles. The van der Waals surface area contributed by atoms with Crippen molar-refractivity contribution >= 4 is 23.3 Å². The fourth-order valence-corrected chi connectivity index (χ4v) is 1.94. The molecule has 22 heavy (non-hydrogen) atoms. The molecule has 1 atom stereocenters. The normalized spacial score (nSPS) is 12.6. The zero-order valence-corrected chi connectivity index (χ0v) is 13.7. The van der Waals surface area contributed by atoms with Crippen LogP contribution in [0.2, 0.25) is 0 Å². The van der Waals surface area contributed by atoms with Crippen LogP contribution in [0.3, 0.4) is 0 Å². The zero-order valence-electron chi connectivity index (χ0n) is 13.7. The van der Waals surface area contributed by atoms with Crippen LogP contribution < -0.4 is 4.90 Å². The van der Waals surface area contributed by atoms with Gasteiger partial charge >= 0.3 is 5.97 Å². The number of carbonyl (C=O) groups is 3. The molecule has 0 aliphatic rings. The number of carboxylic acid groups (broad SMARTS) is 1. The maximum Gasteiger partial charge on any atom is 0.308 e. The average molecular weight is 305 g/mol. The van der Waals surface area contributed by atoms with E-state index in [0.717, 1.165) is 0 Å². The van der Waals surface area contributed by atoms with Crippen LogP contribution in [-0.4, -0.2) is 29.3 Å². The molecule has 0 spiro atoms. The maximum atomic E-state index is 12.6. The third-order valence-corrected chi connectivity index (χ3v) is 3.35. The van der Waals surface area contributed by atoms with E-state index in [2.05, 4.69) is 0 Å². The molecule has 1 unspecified atom stereocenters. The zero-order chi connectivity index (χ0) is 17.1. The van der Waals surface area contributed by atoms with Crippen molar-refractivity contribution in [1.82, 2.24) is 0 Å². The van der Waals surface area contributed by atoms with Gasteiger partial charge in [0, 0.05) is 23.2 Å². The molecule has 1 aromatic carbocycles. The molecule has 0 aromatic heterocycles. The molecule has 0 saturated heterocycles. The van der Waals surface area contributed by atoms with Gasteiger partial charge in [0.15, 0.2) is 5.78 Å². The molecular formula is C17H23NO4. The number of carbonyl (C=O) groups excluding carboxylic acids is 2. The minimum atomic E-state index is -0.952. The molecule has 1 aromatic rings. The van der Waals surface area contributed by atoms with Crippen molar-refractivity contribution < 1.29 is 19.5 Å². The van der Waals surface area contributed by atoms with E-state index in [1.807, 2.05) is 0 Å². The molecule has 0 bridgehead atoms. The van der Waals surface area contributed by atoms with Crippen LogP contribution in [0.15, 0.2) is 24.3 Å². The molecule has 0 saturated carbocycles. The van der Waals surface area contributed by atoms with Gasteiger partial charge in [-0.05, 0) is 31.2 Å². The van der Waals surface area contributed by atoms with E-state index in [1.165, 1.54) is 11.8 Å². The van der Waals surface area contributed by atoms with E-state index < -0.39 is 17.3 Å². The number of carboxylic acids is 1. The SMILES string of the molecule is CC(=O)c1ccc(N(CC(C)C(=O)O)C(=O)C(C)(C)C)cc1. The molecule has 120 valence electrons. The Labute approximate surface area is 130 Å². The smallest absolute Gasteiger partial charge is 0.308 e. The van der Waals surface area contributed by atoms with E-state index >= 15 is 0 Å². The Balaban J connectivity index is 3.16. The quantitative estimate of drug-likeness (QED) is 0.849. The Morgan fingerprint density at radius 3 is 2.00 bits per heavy atom. The van der Waals surface area contributed by atoms with Gasteiger partial charge in [0.1, 0.15) is 0 Å². The number of rotatable bonds is 5. The average Bonchev–Trinajstić information content (AvgIpc) is 2.42. The van der Waals surface area contributed by atoms with Gasteiger partial charge in [-0.3, -0.25) is 14.4 Å². The summed E-state index contributed by atoms with van der Waals surface area (Å²) in [6, 6.07) is 6.64. The number of Topliss-reactive ketones (excluding diaryl/α,β-unsaturated/α-hetero) is 1. The summed E-state index contributed by atoms with van der Waals surface area (Å²) in [6.45, 7) is 8.49. The summed E-state index contributed by atoms with van der Waals surface area (Å²) in [4.78, 5) is 36.5. The van der Waals surface area contributed by atoms with Gasteiger partial charge in [-0.1, -0.05) is 27.7 Å². The summed E-state index contributed by atoms with van der Waals surface area (Å²) in [6.07, 6.45) is 0. The number of aliphatic carboxylic acids is 1. The van der Waals surface area contributed by atoms with Crippen LogP contribution in [0.1, 0.15) is 45.0 Å².